The first kappa shape index (κ1) is 5.85. The van der Waals surface area contributed by atoms with E-state index in [0.29, 0.717) is 10.2 Å². The van der Waals surface area contributed by atoms with Gasteiger partial charge in [0.15, 0.2) is 5.82 Å². The number of thiazole rings is 1. The minimum absolute atomic E-state index is 0.439. The lowest BCUT2D eigenvalue weighted by atomic mass is 10.8. The number of aryl methyl sites for hydroxylation is 1. The Kier molecular flexibility index (Phi) is 1.40. The van der Waals surface area contributed by atoms with E-state index in [1.807, 2.05) is 6.92 Å². The maximum absolute atomic E-state index is 5.56. The molecule has 0 amide bonds. The van der Waals surface area contributed by atoms with E-state index in [4.69, 9.17) is 17.3 Å². The second kappa shape index (κ2) is 1.91. The summed E-state index contributed by atoms with van der Waals surface area (Å²) >= 11 is 6.96. The third-order valence-corrected chi connectivity index (χ3v) is 1.92. The Morgan fingerprint density at radius 1 is 1.75 bits per heavy atom. The van der Waals surface area contributed by atoms with Gasteiger partial charge >= 0.3 is 0 Å². The first-order valence-corrected chi connectivity index (χ1v) is 3.28. The molecule has 1 rings (SSSR count). The Balaban J connectivity index is 3.14. The zero-order chi connectivity index (χ0) is 6.15. The van der Waals surface area contributed by atoms with Crippen LogP contribution >= 0.6 is 22.9 Å². The molecule has 0 atom stereocenters. The topological polar surface area (TPSA) is 38.9 Å². The Bertz CT molecular complexity index is 176. The van der Waals surface area contributed by atoms with Gasteiger partial charge in [0, 0.05) is 0 Å². The number of nitrogens with two attached hydrogens (primary N) is 1. The molecule has 0 saturated heterocycles. The van der Waals surface area contributed by atoms with Gasteiger partial charge in [-0.15, -0.1) is 11.3 Å². The summed E-state index contributed by atoms with van der Waals surface area (Å²) in [6, 6.07) is 0. The zero-order valence-corrected chi connectivity index (χ0v) is 5.88. The number of hydrogen-bond donors (Lipinski definition) is 1. The molecule has 0 aliphatic carbocycles. The van der Waals surface area contributed by atoms with Crippen molar-refractivity contribution in [2.75, 3.05) is 5.73 Å². The van der Waals surface area contributed by atoms with Crippen molar-refractivity contribution in [2.45, 2.75) is 6.92 Å². The molecule has 0 aliphatic heterocycles. The van der Waals surface area contributed by atoms with Crippen molar-refractivity contribution in [1.29, 1.82) is 0 Å². The van der Waals surface area contributed by atoms with Gasteiger partial charge in [0.05, 0.1) is 5.01 Å². The number of nitrogens with zero attached hydrogens (tertiary/aromatic N) is 1. The van der Waals surface area contributed by atoms with Crippen molar-refractivity contribution in [2.24, 2.45) is 0 Å². The third-order valence-electron chi connectivity index (χ3n) is 0.717. The minimum Gasteiger partial charge on any atom is -0.382 e. The molecule has 0 spiro atoms. The first-order chi connectivity index (χ1) is 3.70. The van der Waals surface area contributed by atoms with Gasteiger partial charge < -0.3 is 5.73 Å². The number of nitrogen functional groups attached to an aromatic ring is 1. The van der Waals surface area contributed by atoms with E-state index in [9.17, 15) is 0 Å². The summed E-state index contributed by atoms with van der Waals surface area (Å²) in [6.45, 7) is 1.87. The van der Waals surface area contributed by atoms with Crippen LogP contribution in [0.5, 0.6) is 0 Å². The molecule has 1 heterocycles. The summed E-state index contributed by atoms with van der Waals surface area (Å²) in [5, 5.41) is 0.910. The van der Waals surface area contributed by atoms with Crippen molar-refractivity contribution in [1.82, 2.24) is 4.98 Å². The van der Waals surface area contributed by atoms with E-state index in [-0.39, 0.29) is 0 Å². The molecule has 0 bridgehead atoms. The summed E-state index contributed by atoms with van der Waals surface area (Å²) in [7, 11) is 0. The molecule has 0 radical (unpaired) electrons. The van der Waals surface area contributed by atoms with E-state index < -0.39 is 0 Å². The van der Waals surface area contributed by atoms with Crippen LogP contribution < -0.4 is 5.73 Å². The quantitative estimate of drug-likeness (QED) is 0.608. The van der Waals surface area contributed by atoms with Gasteiger partial charge in [-0.2, -0.15) is 0 Å². The normalized spacial score (nSPS) is 9.75. The summed E-state index contributed by atoms with van der Waals surface area (Å²) in [4.78, 5) is 3.88. The molecule has 44 valence electrons. The second-order valence-corrected chi connectivity index (χ2v) is 3.20. The lowest BCUT2D eigenvalue weighted by Gasteiger charge is -1.76. The van der Waals surface area contributed by atoms with E-state index in [0.717, 1.165) is 5.01 Å². The van der Waals surface area contributed by atoms with Crippen LogP contribution in [0.15, 0.2) is 0 Å². The molecule has 0 saturated carbocycles. The summed E-state index contributed by atoms with van der Waals surface area (Å²) in [5.74, 6) is 0.439. The molecular formula is C4H5ClN2S. The lowest BCUT2D eigenvalue weighted by Crippen LogP contribution is -1.83. The van der Waals surface area contributed by atoms with Crippen molar-refractivity contribution < 1.29 is 0 Å². The van der Waals surface area contributed by atoms with E-state index in [1.165, 1.54) is 11.3 Å². The third kappa shape index (κ3) is 0.928. The molecule has 2 N–H and O–H groups in total. The highest BCUT2D eigenvalue weighted by Gasteiger charge is 1.99. The van der Waals surface area contributed by atoms with Crippen LogP contribution in [-0.4, -0.2) is 4.98 Å². The zero-order valence-electron chi connectivity index (χ0n) is 4.31. The molecular weight excluding hydrogens is 144 g/mol. The Labute approximate surface area is 56.3 Å². The van der Waals surface area contributed by atoms with Crippen LogP contribution in [0, 0.1) is 6.92 Å². The van der Waals surface area contributed by atoms with E-state index in [1.54, 1.807) is 0 Å². The molecule has 1 aromatic heterocycles. The largest absolute Gasteiger partial charge is 0.382 e. The van der Waals surface area contributed by atoms with Crippen molar-refractivity contribution in [3.8, 4) is 0 Å². The second-order valence-electron chi connectivity index (χ2n) is 1.39. The minimum atomic E-state index is 0.439. The molecule has 0 unspecified atom stereocenters. The smallest absolute Gasteiger partial charge is 0.153 e. The van der Waals surface area contributed by atoms with Gasteiger partial charge in [-0.1, -0.05) is 11.6 Å². The van der Waals surface area contributed by atoms with Gasteiger partial charge in [0.1, 0.15) is 4.34 Å². The van der Waals surface area contributed by atoms with E-state index >= 15 is 0 Å². The van der Waals surface area contributed by atoms with Crippen LogP contribution in [0.25, 0.3) is 0 Å². The first-order valence-electron chi connectivity index (χ1n) is 2.08. The summed E-state index contributed by atoms with van der Waals surface area (Å²) in [5.41, 5.74) is 5.31. The van der Waals surface area contributed by atoms with Crippen LogP contribution in [0.3, 0.4) is 0 Å². The Hall–Kier alpha value is -0.280. The molecule has 4 heteroatoms. The number of halogens is 1. The van der Waals surface area contributed by atoms with Crippen molar-refractivity contribution in [3.63, 3.8) is 0 Å². The average molecular weight is 149 g/mol. The van der Waals surface area contributed by atoms with Gasteiger partial charge in [-0.05, 0) is 6.92 Å². The number of anilines is 1. The molecule has 0 fully saturated rings. The maximum Gasteiger partial charge on any atom is 0.153 e. The van der Waals surface area contributed by atoms with Gasteiger partial charge in [-0.3, -0.25) is 0 Å². The van der Waals surface area contributed by atoms with Gasteiger partial charge in [0.2, 0.25) is 0 Å². The number of hydrogen-bond acceptors (Lipinski definition) is 3. The highest BCUT2D eigenvalue weighted by Crippen LogP contribution is 2.24. The molecule has 0 aromatic carbocycles. The molecule has 8 heavy (non-hydrogen) atoms. The predicted octanol–water partition coefficient (Wildman–Crippen LogP) is 1.69. The van der Waals surface area contributed by atoms with Crippen LogP contribution in [-0.2, 0) is 0 Å². The average Bonchev–Trinajstić information content (AvgIpc) is 1.85. The highest BCUT2D eigenvalue weighted by atomic mass is 35.5. The fourth-order valence-electron chi connectivity index (χ4n) is 0.418. The SMILES string of the molecule is Cc1nc(N)c(Cl)s1. The van der Waals surface area contributed by atoms with Crippen LogP contribution in [0.1, 0.15) is 5.01 Å². The lowest BCUT2D eigenvalue weighted by molar-refractivity contribution is 1.31. The number of aromatic nitrogens is 1. The summed E-state index contributed by atoms with van der Waals surface area (Å²) in [6.07, 6.45) is 0. The van der Waals surface area contributed by atoms with Gasteiger partial charge in [0.25, 0.3) is 0 Å². The Morgan fingerprint density at radius 2 is 2.38 bits per heavy atom. The monoisotopic (exact) mass is 148 g/mol. The van der Waals surface area contributed by atoms with Crippen molar-refractivity contribution in [3.05, 3.63) is 9.34 Å². The fourth-order valence-corrected chi connectivity index (χ4v) is 1.35. The van der Waals surface area contributed by atoms with Gasteiger partial charge in [-0.25, -0.2) is 4.98 Å². The molecule has 2 nitrogen and oxygen atoms in total. The fraction of sp³-hybridized carbons (Fsp3) is 0.250. The molecule has 0 aliphatic rings. The Morgan fingerprint density at radius 3 is 2.50 bits per heavy atom. The number of rotatable bonds is 0. The van der Waals surface area contributed by atoms with Crippen LogP contribution in [0.2, 0.25) is 4.34 Å². The summed E-state index contributed by atoms with van der Waals surface area (Å²) < 4.78 is 0.586. The maximum atomic E-state index is 5.56. The van der Waals surface area contributed by atoms with Crippen LogP contribution in [0.4, 0.5) is 5.82 Å². The molecule has 1 aromatic rings. The van der Waals surface area contributed by atoms with E-state index in [2.05, 4.69) is 4.98 Å². The predicted molar refractivity (Wildman–Crippen MR) is 36.3 cm³/mol. The standard InChI is InChI=1S/C4H5ClN2S/c1-2-7-4(6)3(5)8-2/h6H2,1H3. The highest BCUT2D eigenvalue weighted by molar-refractivity contribution is 7.16. The van der Waals surface area contributed by atoms with Crippen molar-refractivity contribution >= 4 is 28.8 Å².